The minimum absolute atomic E-state index is 0.121. The van der Waals surface area contributed by atoms with Crippen LogP contribution in [0.15, 0.2) is 85.2 Å². The molecule has 0 aliphatic carbocycles. The van der Waals surface area contributed by atoms with Crippen molar-refractivity contribution >= 4 is 17.8 Å². The zero-order valence-electron chi connectivity index (χ0n) is 29.4. The summed E-state index contributed by atoms with van der Waals surface area (Å²) < 4.78 is 5.84. The summed E-state index contributed by atoms with van der Waals surface area (Å²) in [7, 11) is 0. The average Bonchev–Trinajstić information content (AvgIpc) is 3.09. The van der Waals surface area contributed by atoms with Crippen molar-refractivity contribution in [3.63, 3.8) is 0 Å². The summed E-state index contributed by atoms with van der Waals surface area (Å²) in [6.45, 7) is 10.8. The largest absolute Gasteiger partial charge is 0.494 e. The SMILES string of the molecule is CC(C)(C)c1ccc(C(N)=O)cc1.CCCCCCCOc1ccc(-c2cnc(-c3ccc(CCC(=O)NC(C)C(=O)O)cc3)nc2)cc1. The summed E-state index contributed by atoms with van der Waals surface area (Å²) in [5, 5.41) is 11.3. The lowest BCUT2D eigenvalue weighted by Gasteiger charge is -2.18. The van der Waals surface area contributed by atoms with Gasteiger partial charge in [-0.3, -0.25) is 14.4 Å². The predicted molar refractivity (Wildman–Crippen MR) is 194 cm³/mol. The zero-order chi connectivity index (χ0) is 35.8. The number of aryl methyl sites for hydroxylation is 1. The fourth-order valence-electron chi connectivity index (χ4n) is 4.85. The highest BCUT2D eigenvalue weighted by atomic mass is 16.5. The number of primary amides is 1. The summed E-state index contributed by atoms with van der Waals surface area (Å²) in [5.74, 6) is -0.203. The second-order valence-electron chi connectivity index (χ2n) is 13.1. The number of unbranched alkanes of at least 4 members (excludes halogenated alkanes) is 4. The van der Waals surface area contributed by atoms with Gasteiger partial charge in [-0.2, -0.15) is 0 Å². The molecule has 49 heavy (non-hydrogen) atoms. The van der Waals surface area contributed by atoms with Crippen LogP contribution < -0.4 is 15.8 Å². The zero-order valence-corrected chi connectivity index (χ0v) is 29.4. The van der Waals surface area contributed by atoms with Crippen LogP contribution in [0.25, 0.3) is 22.5 Å². The summed E-state index contributed by atoms with van der Waals surface area (Å²) in [4.78, 5) is 42.5. The minimum atomic E-state index is -1.05. The Morgan fingerprint density at radius 3 is 1.96 bits per heavy atom. The third kappa shape index (κ3) is 13.2. The maximum absolute atomic E-state index is 11.9. The van der Waals surface area contributed by atoms with Gasteiger partial charge in [-0.25, -0.2) is 9.97 Å². The van der Waals surface area contributed by atoms with Crippen LogP contribution in [0.4, 0.5) is 0 Å². The van der Waals surface area contributed by atoms with Gasteiger partial charge in [0.05, 0.1) is 6.61 Å². The van der Waals surface area contributed by atoms with Crippen LogP contribution >= 0.6 is 0 Å². The standard InChI is InChI=1S/C29H35N3O4.C11H15NO/c1-3-4-5-6-7-18-36-26-15-13-23(14-16-26)25-19-30-28(31-20-25)24-11-8-22(9-12-24)10-17-27(33)32-21(2)29(34)35;1-11(2,3)9-6-4-8(5-7-9)10(12)13/h8-9,11-16,19-21H,3-7,10,17-18H2,1-2H3,(H,32,33)(H,34,35);4-7H,1-3H3,(H2,12,13). The second kappa shape index (κ2) is 19.1. The number of benzene rings is 3. The lowest BCUT2D eigenvalue weighted by Crippen LogP contribution is -2.38. The number of carboxylic acid groups (broad SMARTS) is 1. The third-order valence-corrected chi connectivity index (χ3v) is 7.99. The number of nitrogens with zero attached hydrogens (tertiary/aromatic N) is 2. The summed E-state index contributed by atoms with van der Waals surface area (Å²) in [6, 6.07) is 22.3. The van der Waals surface area contributed by atoms with Crippen molar-refractivity contribution in [2.24, 2.45) is 5.73 Å². The molecule has 260 valence electrons. The first-order chi connectivity index (χ1) is 23.4. The van der Waals surface area contributed by atoms with Crippen molar-refractivity contribution in [2.75, 3.05) is 6.61 Å². The van der Waals surface area contributed by atoms with E-state index in [9.17, 15) is 14.4 Å². The summed E-state index contributed by atoms with van der Waals surface area (Å²) in [6.07, 6.45) is 10.5. The molecular weight excluding hydrogens is 616 g/mol. The van der Waals surface area contributed by atoms with E-state index in [1.54, 1.807) is 12.1 Å². The molecule has 0 saturated carbocycles. The Morgan fingerprint density at radius 1 is 0.816 bits per heavy atom. The molecule has 4 aromatic rings. The van der Waals surface area contributed by atoms with Gasteiger partial charge in [-0.15, -0.1) is 0 Å². The van der Waals surface area contributed by atoms with Crippen molar-refractivity contribution in [2.45, 2.75) is 91.0 Å². The highest BCUT2D eigenvalue weighted by Crippen LogP contribution is 2.24. The number of hydrogen-bond acceptors (Lipinski definition) is 6. The van der Waals surface area contributed by atoms with Crippen molar-refractivity contribution in [3.8, 4) is 28.3 Å². The number of carboxylic acids is 1. The molecule has 9 heteroatoms. The van der Waals surface area contributed by atoms with Crippen LogP contribution in [0.5, 0.6) is 5.75 Å². The summed E-state index contributed by atoms with van der Waals surface area (Å²) >= 11 is 0. The first-order valence-corrected chi connectivity index (χ1v) is 16.9. The molecule has 0 radical (unpaired) electrons. The van der Waals surface area contributed by atoms with E-state index in [0.717, 1.165) is 41.0 Å². The maximum Gasteiger partial charge on any atom is 0.325 e. The quantitative estimate of drug-likeness (QED) is 0.110. The van der Waals surface area contributed by atoms with Crippen molar-refractivity contribution in [3.05, 3.63) is 102 Å². The molecule has 0 fully saturated rings. The Hall–Kier alpha value is -5.05. The predicted octanol–water partition coefficient (Wildman–Crippen LogP) is 7.76. The molecule has 0 bridgehead atoms. The number of rotatable bonds is 15. The smallest absolute Gasteiger partial charge is 0.325 e. The van der Waals surface area contributed by atoms with Gasteiger partial charge < -0.3 is 20.9 Å². The lowest BCUT2D eigenvalue weighted by molar-refractivity contribution is -0.141. The number of hydrogen-bond donors (Lipinski definition) is 3. The Balaban J connectivity index is 0.000000419. The molecular formula is C40H50N4O5. The van der Waals surface area contributed by atoms with Crippen molar-refractivity contribution < 1.29 is 24.2 Å². The second-order valence-corrected chi connectivity index (χ2v) is 13.1. The molecule has 0 saturated heterocycles. The third-order valence-electron chi connectivity index (χ3n) is 7.99. The van der Waals surface area contributed by atoms with Gasteiger partial charge in [0.1, 0.15) is 11.8 Å². The highest BCUT2D eigenvalue weighted by Gasteiger charge is 2.14. The van der Waals surface area contributed by atoms with Gasteiger partial charge in [-0.1, -0.05) is 102 Å². The van der Waals surface area contributed by atoms with Crippen LogP contribution in [0.2, 0.25) is 0 Å². The molecule has 0 spiro atoms. The molecule has 2 amide bonds. The van der Waals surface area contributed by atoms with Crippen LogP contribution in [-0.2, 0) is 21.4 Å². The fraction of sp³-hybridized carbons (Fsp3) is 0.375. The fourth-order valence-corrected chi connectivity index (χ4v) is 4.85. The molecule has 1 heterocycles. The van der Waals surface area contributed by atoms with E-state index in [4.69, 9.17) is 15.6 Å². The molecule has 0 aliphatic heterocycles. The van der Waals surface area contributed by atoms with Gasteiger partial charge >= 0.3 is 5.97 Å². The van der Waals surface area contributed by atoms with Crippen molar-refractivity contribution in [1.82, 2.24) is 15.3 Å². The number of carbonyl (C=O) groups is 3. The minimum Gasteiger partial charge on any atom is -0.494 e. The Labute approximate surface area is 290 Å². The molecule has 4 N–H and O–H groups in total. The van der Waals surface area contributed by atoms with E-state index in [0.29, 0.717) is 17.8 Å². The molecule has 4 rings (SSSR count). The Morgan fingerprint density at radius 2 is 1.41 bits per heavy atom. The first kappa shape index (κ1) is 38.4. The highest BCUT2D eigenvalue weighted by molar-refractivity contribution is 5.92. The number of carbonyl (C=O) groups excluding carboxylic acids is 2. The lowest BCUT2D eigenvalue weighted by atomic mass is 9.87. The number of aromatic nitrogens is 2. The number of aliphatic carboxylic acids is 1. The van der Waals surface area contributed by atoms with Crippen LogP contribution in [-0.4, -0.2) is 45.5 Å². The maximum atomic E-state index is 11.9. The number of ether oxygens (including phenoxy) is 1. The van der Waals surface area contributed by atoms with Gasteiger partial charge in [0.15, 0.2) is 5.82 Å². The molecule has 1 unspecified atom stereocenters. The molecule has 1 aromatic heterocycles. The van der Waals surface area contributed by atoms with E-state index < -0.39 is 12.0 Å². The topological polar surface area (TPSA) is 144 Å². The van der Waals surface area contributed by atoms with Crippen molar-refractivity contribution in [1.29, 1.82) is 0 Å². The Bertz CT molecular complexity index is 1610. The normalized spacial score (nSPS) is 11.5. The van der Waals surface area contributed by atoms with Gasteiger partial charge in [-0.05, 0) is 66.1 Å². The van der Waals surface area contributed by atoms with E-state index >= 15 is 0 Å². The first-order valence-electron chi connectivity index (χ1n) is 16.9. The monoisotopic (exact) mass is 666 g/mol. The van der Waals surface area contributed by atoms with Gasteiger partial charge in [0, 0.05) is 35.5 Å². The number of nitrogens with one attached hydrogen (secondary N) is 1. The van der Waals surface area contributed by atoms with E-state index in [-0.39, 0.29) is 23.7 Å². The van der Waals surface area contributed by atoms with Crippen LogP contribution in [0, 0.1) is 0 Å². The number of nitrogens with two attached hydrogens (primary N) is 1. The average molecular weight is 667 g/mol. The van der Waals surface area contributed by atoms with Gasteiger partial charge in [0.2, 0.25) is 11.8 Å². The van der Waals surface area contributed by atoms with Crippen LogP contribution in [0.1, 0.15) is 94.6 Å². The Kier molecular flexibility index (Phi) is 14.9. The number of amides is 2. The van der Waals surface area contributed by atoms with Crippen LogP contribution in [0.3, 0.4) is 0 Å². The molecule has 0 aliphatic rings. The van der Waals surface area contributed by atoms with E-state index in [2.05, 4.69) is 43.0 Å². The molecule has 1 atom stereocenters. The summed E-state index contributed by atoms with van der Waals surface area (Å²) in [5.41, 5.74) is 10.9. The molecule has 9 nitrogen and oxygen atoms in total. The van der Waals surface area contributed by atoms with E-state index in [1.807, 2.05) is 73.1 Å². The van der Waals surface area contributed by atoms with Gasteiger partial charge in [0.25, 0.3) is 0 Å². The molecule has 3 aromatic carbocycles. The van der Waals surface area contributed by atoms with E-state index in [1.165, 1.54) is 38.2 Å².